The van der Waals surface area contributed by atoms with Gasteiger partial charge in [0.25, 0.3) is 0 Å². The minimum absolute atomic E-state index is 0.0536. The average molecular weight is 329 g/mol. The van der Waals surface area contributed by atoms with Crippen LogP contribution >= 0.6 is 15.9 Å². The normalized spacial score (nSPS) is 12.2. The monoisotopic (exact) mass is 328 g/mol. The van der Waals surface area contributed by atoms with Crippen molar-refractivity contribution >= 4 is 27.5 Å². The van der Waals surface area contributed by atoms with Crippen LogP contribution in [-0.2, 0) is 4.79 Å². The number of aliphatic hydroxyl groups excluding tert-OH is 1. The van der Waals surface area contributed by atoms with E-state index in [2.05, 4.69) is 26.6 Å². The molecule has 0 aliphatic heterocycles. The molecule has 1 amide bonds. The van der Waals surface area contributed by atoms with Gasteiger partial charge in [-0.05, 0) is 53.4 Å². The van der Waals surface area contributed by atoms with Crippen molar-refractivity contribution < 1.29 is 9.90 Å². The molecule has 19 heavy (non-hydrogen) atoms. The van der Waals surface area contributed by atoms with Crippen molar-refractivity contribution in [2.75, 3.05) is 25.0 Å². The molecule has 0 saturated heterocycles. The molecule has 0 heterocycles. The number of hydrogen-bond donors (Lipinski definition) is 3. The molecule has 1 aromatic carbocycles. The van der Waals surface area contributed by atoms with Crippen LogP contribution < -0.4 is 10.6 Å². The summed E-state index contributed by atoms with van der Waals surface area (Å²) in [5.74, 6) is 0.276. The molecular formula is C14H21BrN2O2. The van der Waals surface area contributed by atoms with Gasteiger partial charge in [-0.15, -0.1) is 0 Å². The van der Waals surface area contributed by atoms with Gasteiger partial charge in [0, 0.05) is 11.1 Å². The third-order valence-corrected chi connectivity index (χ3v) is 3.49. The molecule has 3 N–H and O–H groups in total. The number of aliphatic hydroxyl groups is 1. The zero-order valence-corrected chi connectivity index (χ0v) is 12.7. The standard InChI is InChI=1S/C14H21BrN2O2/c1-11(10-18)5-4-8-16-9-14(19)17-13-7-3-2-6-12(13)15/h2-3,6-7,11,16,18H,4-5,8-10H2,1H3,(H,17,19). The number of halogens is 1. The van der Waals surface area contributed by atoms with E-state index in [0.29, 0.717) is 12.5 Å². The predicted molar refractivity (Wildman–Crippen MR) is 81.1 cm³/mol. The van der Waals surface area contributed by atoms with Crippen LogP contribution in [0.4, 0.5) is 5.69 Å². The first-order valence-corrected chi connectivity index (χ1v) is 7.28. The lowest BCUT2D eigenvalue weighted by Crippen LogP contribution is -2.29. The molecule has 1 unspecified atom stereocenters. The third-order valence-electron chi connectivity index (χ3n) is 2.80. The molecule has 0 bridgehead atoms. The van der Waals surface area contributed by atoms with Gasteiger partial charge < -0.3 is 15.7 Å². The molecule has 0 radical (unpaired) electrons. The van der Waals surface area contributed by atoms with Crippen LogP contribution in [0.25, 0.3) is 0 Å². The van der Waals surface area contributed by atoms with Gasteiger partial charge >= 0.3 is 0 Å². The Morgan fingerprint density at radius 2 is 2.16 bits per heavy atom. The van der Waals surface area contributed by atoms with Crippen molar-refractivity contribution in [3.05, 3.63) is 28.7 Å². The van der Waals surface area contributed by atoms with Crippen LogP contribution in [0.15, 0.2) is 28.7 Å². The van der Waals surface area contributed by atoms with Gasteiger partial charge in [-0.3, -0.25) is 4.79 Å². The zero-order valence-electron chi connectivity index (χ0n) is 11.2. The summed E-state index contributed by atoms with van der Waals surface area (Å²) < 4.78 is 0.875. The van der Waals surface area contributed by atoms with Crippen molar-refractivity contribution in [2.24, 2.45) is 5.92 Å². The maximum Gasteiger partial charge on any atom is 0.238 e. The number of carbonyl (C=O) groups is 1. The summed E-state index contributed by atoms with van der Waals surface area (Å²) in [4.78, 5) is 11.7. The second kappa shape index (κ2) is 9.07. The van der Waals surface area contributed by atoms with Crippen LogP contribution in [0, 0.1) is 5.92 Å². The van der Waals surface area contributed by atoms with E-state index < -0.39 is 0 Å². The molecule has 0 aromatic heterocycles. The minimum atomic E-state index is -0.0536. The fraction of sp³-hybridized carbons (Fsp3) is 0.500. The van der Waals surface area contributed by atoms with Crippen LogP contribution in [0.2, 0.25) is 0 Å². The first kappa shape index (κ1) is 16.1. The summed E-state index contributed by atoms with van der Waals surface area (Å²) in [6, 6.07) is 7.52. The highest BCUT2D eigenvalue weighted by Gasteiger charge is 2.04. The van der Waals surface area contributed by atoms with Gasteiger partial charge in [0.15, 0.2) is 0 Å². The van der Waals surface area contributed by atoms with Crippen molar-refractivity contribution in [3.8, 4) is 0 Å². The van der Waals surface area contributed by atoms with E-state index in [1.807, 2.05) is 31.2 Å². The molecule has 0 spiro atoms. The van der Waals surface area contributed by atoms with E-state index >= 15 is 0 Å². The van der Waals surface area contributed by atoms with E-state index in [9.17, 15) is 4.79 Å². The van der Waals surface area contributed by atoms with Gasteiger partial charge in [0.05, 0.1) is 12.2 Å². The number of rotatable bonds is 8. The molecule has 0 aliphatic rings. The highest BCUT2D eigenvalue weighted by Crippen LogP contribution is 2.20. The topological polar surface area (TPSA) is 61.4 Å². The van der Waals surface area contributed by atoms with Crippen LogP contribution in [0.5, 0.6) is 0 Å². The number of anilines is 1. The molecule has 0 aliphatic carbocycles. The van der Waals surface area contributed by atoms with E-state index in [1.165, 1.54) is 0 Å². The first-order valence-electron chi connectivity index (χ1n) is 6.49. The van der Waals surface area contributed by atoms with Gasteiger partial charge in [-0.2, -0.15) is 0 Å². The van der Waals surface area contributed by atoms with Crippen LogP contribution in [0.3, 0.4) is 0 Å². The lowest BCUT2D eigenvalue weighted by atomic mass is 10.1. The van der Waals surface area contributed by atoms with E-state index in [4.69, 9.17) is 5.11 Å². The lowest BCUT2D eigenvalue weighted by Gasteiger charge is -2.09. The quantitative estimate of drug-likeness (QED) is 0.642. The molecule has 1 rings (SSSR count). The Labute approximate surface area is 122 Å². The van der Waals surface area contributed by atoms with Crippen molar-refractivity contribution in [1.82, 2.24) is 5.32 Å². The van der Waals surface area contributed by atoms with Gasteiger partial charge in [-0.25, -0.2) is 0 Å². The fourth-order valence-electron chi connectivity index (χ4n) is 1.63. The highest BCUT2D eigenvalue weighted by atomic mass is 79.9. The summed E-state index contributed by atoms with van der Waals surface area (Å²) in [6.07, 6.45) is 1.93. The van der Waals surface area contributed by atoms with Crippen LogP contribution in [-0.4, -0.2) is 30.7 Å². The molecule has 1 atom stereocenters. The Morgan fingerprint density at radius 1 is 1.42 bits per heavy atom. The Morgan fingerprint density at radius 3 is 2.84 bits per heavy atom. The van der Waals surface area contributed by atoms with Crippen molar-refractivity contribution in [2.45, 2.75) is 19.8 Å². The van der Waals surface area contributed by atoms with E-state index in [0.717, 1.165) is 29.5 Å². The molecule has 0 saturated carbocycles. The van der Waals surface area contributed by atoms with Gasteiger partial charge in [0.2, 0.25) is 5.91 Å². The smallest absolute Gasteiger partial charge is 0.238 e. The summed E-state index contributed by atoms with van der Waals surface area (Å²) in [5.41, 5.74) is 0.781. The average Bonchev–Trinajstić information content (AvgIpc) is 2.40. The molecule has 5 heteroatoms. The molecule has 106 valence electrons. The fourth-order valence-corrected chi connectivity index (χ4v) is 2.01. The SMILES string of the molecule is CC(CO)CCCNCC(=O)Nc1ccccc1Br. The van der Waals surface area contributed by atoms with Crippen molar-refractivity contribution in [1.29, 1.82) is 0 Å². The second-order valence-electron chi connectivity index (χ2n) is 4.63. The number of nitrogens with one attached hydrogen (secondary N) is 2. The third kappa shape index (κ3) is 6.71. The summed E-state index contributed by atoms with van der Waals surface area (Å²) in [7, 11) is 0. The number of benzene rings is 1. The number of carbonyl (C=O) groups excluding carboxylic acids is 1. The largest absolute Gasteiger partial charge is 0.396 e. The lowest BCUT2D eigenvalue weighted by molar-refractivity contribution is -0.115. The number of para-hydroxylation sites is 1. The van der Waals surface area contributed by atoms with E-state index in [-0.39, 0.29) is 12.5 Å². The predicted octanol–water partition coefficient (Wildman–Crippen LogP) is 2.39. The summed E-state index contributed by atoms with van der Waals surface area (Å²) in [6.45, 7) is 3.32. The Bertz CT molecular complexity index is 399. The number of amides is 1. The molecule has 1 aromatic rings. The molecule has 4 nitrogen and oxygen atoms in total. The molecular weight excluding hydrogens is 308 g/mol. The van der Waals surface area contributed by atoms with Gasteiger partial charge in [0.1, 0.15) is 0 Å². The highest BCUT2D eigenvalue weighted by molar-refractivity contribution is 9.10. The molecule has 0 fully saturated rings. The van der Waals surface area contributed by atoms with Crippen molar-refractivity contribution in [3.63, 3.8) is 0 Å². The Kier molecular flexibility index (Phi) is 7.70. The first-order chi connectivity index (χ1) is 9.13. The second-order valence-corrected chi connectivity index (χ2v) is 5.49. The van der Waals surface area contributed by atoms with E-state index in [1.54, 1.807) is 0 Å². The maximum atomic E-state index is 11.7. The van der Waals surface area contributed by atoms with Crippen LogP contribution in [0.1, 0.15) is 19.8 Å². The Hall–Kier alpha value is -0.910. The van der Waals surface area contributed by atoms with Gasteiger partial charge in [-0.1, -0.05) is 19.1 Å². The summed E-state index contributed by atoms with van der Waals surface area (Å²) >= 11 is 3.38. The zero-order chi connectivity index (χ0) is 14.1. The minimum Gasteiger partial charge on any atom is -0.396 e. The Balaban J connectivity index is 2.17. The number of hydrogen-bond acceptors (Lipinski definition) is 3. The maximum absolute atomic E-state index is 11.7. The summed E-state index contributed by atoms with van der Waals surface area (Å²) in [5, 5.41) is 14.8.